The van der Waals surface area contributed by atoms with Gasteiger partial charge in [0.15, 0.2) is 5.75 Å². The summed E-state index contributed by atoms with van der Waals surface area (Å²) in [7, 11) is 1.37. The average Bonchev–Trinajstić information content (AvgIpc) is 2.85. The zero-order chi connectivity index (χ0) is 25.4. The van der Waals surface area contributed by atoms with E-state index in [2.05, 4.69) is 10.6 Å². The first-order valence-electron chi connectivity index (χ1n) is 11.3. The molecule has 0 radical (unpaired) electrons. The van der Waals surface area contributed by atoms with Crippen molar-refractivity contribution in [2.45, 2.75) is 45.8 Å². The largest absolute Gasteiger partial charge is 0.493 e. The Labute approximate surface area is 203 Å². The van der Waals surface area contributed by atoms with E-state index in [9.17, 15) is 19.7 Å². The molecule has 0 saturated carbocycles. The van der Waals surface area contributed by atoms with Crippen LogP contribution in [0.2, 0.25) is 0 Å². The number of carbonyl (C=O) groups excluding carboxylic acids is 2. The molecule has 35 heavy (non-hydrogen) atoms. The minimum absolute atomic E-state index is 0.00604. The molecule has 2 amide bonds. The van der Waals surface area contributed by atoms with E-state index < -0.39 is 23.0 Å². The van der Waals surface area contributed by atoms with Crippen LogP contribution < -0.4 is 20.1 Å². The summed E-state index contributed by atoms with van der Waals surface area (Å²) in [6, 6.07) is 10.4. The normalized spacial score (nSPS) is 15.2. The van der Waals surface area contributed by atoms with E-state index in [-0.39, 0.29) is 34.9 Å². The Morgan fingerprint density at radius 1 is 1.17 bits per heavy atom. The number of nitro benzene ring substituents is 1. The maximum atomic E-state index is 13.1. The van der Waals surface area contributed by atoms with Gasteiger partial charge in [-0.15, -0.1) is 0 Å². The maximum absolute atomic E-state index is 13.1. The van der Waals surface area contributed by atoms with E-state index in [1.54, 1.807) is 6.92 Å². The van der Waals surface area contributed by atoms with Gasteiger partial charge in [0.25, 0.3) is 0 Å². The maximum Gasteiger partial charge on any atom is 0.338 e. The van der Waals surface area contributed by atoms with Gasteiger partial charge < -0.3 is 24.8 Å². The van der Waals surface area contributed by atoms with Gasteiger partial charge in [-0.2, -0.15) is 0 Å². The number of hydrogen-bond acceptors (Lipinski definition) is 7. The van der Waals surface area contributed by atoms with Crippen molar-refractivity contribution in [1.29, 1.82) is 0 Å². The number of methoxy groups -OCH3 is 1. The van der Waals surface area contributed by atoms with E-state index in [1.807, 2.05) is 37.3 Å². The summed E-state index contributed by atoms with van der Waals surface area (Å²) in [6.45, 7) is 3.94. The number of amides is 2. The third-order valence-corrected chi connectivity index (χ3v) is 5.50. The Morgan fingerprint density at radius 2 is 1.91 bits per heavy atom. The lowest BCUT2D eigenvalue weighted by Gasteiger charge is -2.28. The molecule has 2 N–H and O–H groups in total. The highest BCUT2D eigenvalue weighted by molar-refractivity contribution is 5.95. The van der Waals surface area contributed by atoms with Crippen LogP contribution in [0.15, 0.2) is 53.7 Å². The Balaban J connectivity index is 1.95. The van der Waals surface area contributed by atoms with Gasteiger partial charge in [-0.3, -0.25) is 10.1 Å². The summed E-state index contributed by atoms with van der Waals surface area (Å²) in [5.74, 6) is -0.523. The molecule has 3 rings (SSSR count). The number of urea groups is 1. The topological polar surface area (TPSA) is 129 Å². The van der Waals surface area contributed by atoms with Crippen molar-refractivity contribution in [1.82, 2.24) is 10.6 Å². The number of nitro groups is 1. The van der Waals surface area contributed by atoms with Gasteiger partial charge in [-0.05, 0) is 30.5 Å². The second-order valence-corrected chi connectivity index (χ2v) is 8.02. The molecule has 0 aromatic heterocycles. The molecule has 0 fully saturated rings. The van der Waals surface area contributed by atoms with Crippen LogP contribution in [0, 0.1) is 10.1 Å². The summed E-state index contributed by atoms with van der Waals surface area (Å²) >= 11 is 0. The number of allylic oxidation sites excluding steroid dienone is 1. The van der Waals surface area contributed by atoms with E-state index in [0.29, 0.717) is 12.3 Å². The fraction of sp³-hybridized carbons (Fsp3) is 0.360. The fourth-order valence-electron chi connectivity index (χ4n) is 3.75. The van der Waals surface area contributed by atoms with Gasteiger partial charge in [-0.1, -0.05) is 50.1 Å². The van der Waals surface area contributed by atoms with Crippen molar-refractivity contribution in [2.75, 3.05) is 13.7 Å². The minimum Gasteiger partial charge on any atom is -0.493 e. The predicted molar refractivity (Wildman–Crippen MR) is 128 cm³/mol. The first kappa shape index (κ1) is 25.5. The third-order valence-electron chi connectivity index (χ3n) is 5.50. The van der Waals surface area contributed by atoms with Crippen molar-refractivity contribution in [3.63, 3.8) is 0 Å². The SMILES string of the molecule is CCCCCOc1c(OC)cc(C2NC(=O)NC(C)=C2C(=O)OCc2ccccc2)cc1[N+](=O)[O-]. The molecule has 0 aliphatic carbocycles. The number of nitrogens with zero attached hydrogens (tertiary/aromatic N) is 1. The smallest absolute Gasteiger partial charge is 0.338 e. The Morgan fingerprint density at radius 3 is 2.57 bits per heavy atom. The standard InChI is InChI=1S/C25H29N3O7/c1-4-5-9-12-34-23-19(28(31)32)13-18(14-20(23)33-3)22-21(16(2)26-25(30)27-22)24(29)35-15-17-10-7-6-8-11-17/h6-8,10-11,13-14,22H,4-5,9,12,15H2,1-3H3,(H2,26,27,30). The van der Waals surface area contributed by atoms with Gasteiger partial charge >= 0.3 is 17.7 Å². The molecule has 1 atom stereocenters. The highest BCUT2D eigenvalue weighted by Crippen LogP contribution is 2.41. The van der Waals surface area contributed by atoms with Gasteiger partial charge in [0.1, 0.15) is 6.61 Å². The first-order valence-corrected chi connectivity index (χ1v) is 11.3. The number of carbonyl (C=O) groups is 2. The van der Waals surface area contributed by atoms with E-state index in [0.717, 1.165) is 24.8 Å². The zero-order valence-corrected chi connectivity index (χ0v) is 20.0. The molecular formula is C25H29N3O7. The first-order chi connectivity index (χ1) is 16.8. The second-order valence-electron chi connectivity index (χ2n) is 8.02. The highest BCUT2D eigenvalue weighted by atomic mass is 16.6. The summed E-state index contributed by atoms with van der Waals surface area (Å²) < 4.78 is 16.6. The monoisotopic (exact) mass is 483 g/mol. The molecule has 1 heterocycles. The summed E-state index contributed by atoms with van der Waals surface area (Å²) in [6.07, 6.45) is 2.64. The van der Waals surface area contributed by atoms with Crippen LogP contribution in [0.3, 0.4) is 0 Å². The van der Waals surface area contributed by atoms with Crippen molar-refractivity contribution in [3.05, 3.63) is 75.0 Å². The number of ether oxygens (including phenoxy) is 3. The van der Waals surface area contributed by atoms with Gasteiger partial charge in [0.2, 0.25) is 5.75 Å². The van der Waals surface area contributed by atoms with Gasteiger partial charge in [0.05, 0.1) is 30.3 Å². The quantitative estimate of drug-likeness (QED) is 0.208. The molecule has 2 aromatic carbocycles. The van der Waals surface area contributed by atoms with E-state index >= 15 is 0 Å². The lowest BCUT2D eigenvalue weighted by atomic mass is 9.94. The molecule has 0 bridgehead atoms. The average molecular weight is 484 g/mol. The molecule has 1 unspecified atom stereocenters. The number of esters is 1. The number of benzene rings is 2. The minimum atomic E-state index is -0.992. The Bertz CT molecular complexity index is 1120. The molecular weight excluding hydrogens is 454 g/mol. The molecule has 10 nitrogen and oxygen atoms in total. The van der Waals surface area contributed by atoms with E-state index in [4.69, 9.17) is 14.2 Å². The molecule has 1 aliphatic rings. The van der Waals surface area contributed by atoms with Crippen molar-refractivity contribution >= 4 is 17.7 Å². The number of unbranched alkanes of at least 4 members (excludes halogenated alkanes) is 2. The lowest BCUT2D eigenvalue weighted by molar-refractivity contribution is -0.386. The number of rotatable bonds is 11. The van der Waals surface area contributed by atoms with Crippen LogP contribution in [-0.2, 0) is 16.1 Å². The number of hydrogen-bond donors (Lipinski definition) is 2. The molecule has 186 valence electrons. The summed E-state index contributed by atoms with van der Waals surface area (Å²) in [5, 5.41) is 17.1. The predicted octanol–water partition coefficient (Wildman–Crippen LogP) is 4.54. The van der Waals surface area contributed by atoms with E-state index in [1.165, 1.54) is 19.2 Å². The van der Waals surface area contributed by atoms with Crippen LogP contribution in [0.5, 0.6) is 11.5 Å². The molecule has 0 spiro atoms. The van der Waals surface area contributed by atoms with Crippen LogP contribution >= 0.6 is 0 Å². The second kappa shape index (κ2) is 11.9. The third kappa shape index (κ3) is 6.28. The zero-order valence-electron chi connectivity index (χ0n) is 20.0. The highest BCUT2D eigenvalue weighted by Gasteiger charge is 2.35. The van der Waals surface area contributed by atoms with Gasteiger partial charge in [0, 0.05) is 11.8 Å². The van der Waals surface area contributed by atoms with Crippen LogP contribution in [0.25, 0.3) is 0 Å². The van der Waals surface area contributed by atoms with Crippen LogP contribution in [0.1, 0.15) is 50.3 Å². The van der Waals surface area contributed by atoms with Crippen molar-refractivity contribution in [2.24, 2.45) is 0 Å². The van der Waals surface area contributed by atoms with Gasteiger partial charge in [-0.25, -0.2) is 9.59 Å². The molecule has 0 saturated heterocycles. The van der Waals surface area contributed by atoms with Crippen LogP contribution in [0.4, 0.5) is 10.5 Å². The van der Waals surface area contributed by atoms with Crippen molar-refractivity contribution < 1.29 is 28.7 Å². The Kier molecular flexibility index (Phi) is 8.66. The fourth-order valence-corrected chi connectivity index (χ4v) is 3.75. The summed E-state index contributed by atoms with van der Waals surface area (Å²) in [5.41, 5.74) is 1.19. The molecule has 10 heteroatoms. The van der Waals surface area contributed by atoms with Crippen molar-refractivity contribution in [3.8, 4) is 11.5 Å². The number of nitrogens with one attached hydrogen (secondary N) is 2. The summed E-state index contributed by atoms with van der Waals surface area (Å²) in [4.78, 5) is 36.6. The molecule has 2 aromatic rings. The molecule has 1 aliphatic heterocycles. The van der Waals surface area contributed by atoms with Crippen LogP contribution in [-0.4, -0.2) is 30.6 Å². The lowest BCUT2D eigenvalue weighted by Crippen LogP contribution is -2.45. The Hall–Kier alpha value is -4.08.